The molecule has 0 heterocycles. The fraction of sp³-hybridized carbons (Fsp3) is 1.00. The maximum atomic E-state index is 4.23. The van der Waals surface area contributed by atoms with E-state index in [1.807, 2.05) is 0 Å². The largest absolute Gasteiger partial charge is 0.0834 e. The van der Waals surface area contributed by atoms with Gasteiger partial charge in [0.25, 0.3) is 0 Å². The highest BCUT2D eigenvalue weighted by atomic mass is 79.9. The maximum Gasteiger partial charge on any atom is 0.0834 e. The van der Waals surface area contributed by atoms with Gasteiger partial charge in [0.2, 0.25) is 0 Å². The SMILES string of the molecule is CC(Br)(Br)C12CC3CC(C(C)(Br)Br)(C1)CC(C14CC5CC(C(C)(Br)Br)(CC(C(C)(Br)Br)(C5)C1)C4)(C3)C2. The van der Waals surface area contributed by atoms with Gasteiger partial charge in [0.15, 0.2) is 0 Å². The third-order valence-electron chi connectivity index (χ3n) is 13.0. The molecule has 0 aromatic carbocycles. The summed E-state index contributed by atoms with van der Waals surface area (Å²) in [6.07, 6.45) is 16.3. The van der Waals surface area contributed by atoms with Crippen LogP contribution >= 0.6 is 127 Å². The summed E-state index contributed by atoms with van der Waals surface area (Å²) in [6.45, 7) is 9.64. The lowest BCUT2D eigenvalue weighted by atomic mass is 9.27. The van der Waals surface area contributed by atoms with Crippen LogP contribution in [0.15, 0.2) is 0 Å². The number of hydrogen-bond donors (Lipinski definition) is 0. The highest BCUT2D eigenvalue weighted by molar-refractivity contribution is 9.26. The molecule has 8 rings (SSSR count). The first-order valence-electron chi connectivity index (χ1n) is 13.6. The van der Waals surface area contributed by atoms with E-state index in [9.17, 15) is 0 Å². The van der Waals surface area contributed by atoms with Crippen molar-refractivity contribution in [3.05, 3.63) is 0 Å². The zero-order chi connectivity index (χ0) is 26.6. The van der Waals surface area contributed by atoms with Crippen molar-refractivity contribution in [2.24, 2.45) is 44.3 Å². The fourth-order valence-electron chi connectivity index (χ4n) is 12.0. The lowest BCUT2D eigenvalue weighted by molar-refractivity contribution is -0.275. The molecule has 0 aromatic heterocycles. The second-order valence-electron chi connectivity index (χ2n) is 15.3. The molecular formula is C28H38Br8. The molecule has 0 nitrogen and oxygen atoms in total. The standard InChI is InChI=1S/C28H38Br8/c1-19(29,30)23-5-17-6-24(11-23,20(2,31)32)14-27(9-17,13-23)28-10-18-7-25(15-28,21(3,33)34)12-26(8-18,16-28)22(4,35)36/h17-18H,5-16H2,1-4H3. The second kappa shape index (κ2) is 8.30. The molecule has 8 aliphatic carbocycles. The summed E-state index contributed by atoms with van der Waals surface area (Å²) in [5.41, 5.74) is 1.86. The molecule has 206 valence electrons. The van der Waals surface area contributed by atoms with Crippen molar-refractivity contribution in [1.82, 2.24) is 0 Å². The van der Waals surface area contributed by atoms with Crippen molar-refractivity contribution in [3.63, 3.8) is 0 Å². The van der Waals surface area contributed by atoms with Gasteiger partial charge in [0, 0.05) is 0 Å². The van der Waals surface area contributed by atoms with Gasteiger partial charge in [-0.3, -0.25) is 0 Å². The van der Waals surface area contributed by atoms with E-state index in [2.05, 4.69) is 155 Å². The number of halogens is 8. The minimum Gasteiger partial charge on any atom is -0.0724 e. The third-order valence-corrected chi connectivity index (χ3v) is 19.7. The minimum absolute atomic E-state index is 0.0371. The molecule has 4 unspecified atom stereocenters. The molecule has 0 N–H and O–H groups in total. The van der Waals surface area contributed by atoms with Gasteiger partial charge in [-0.15, -0.1) is 0 Å². The molecule has 8 fully saturated rings. The Balaban J connectivity index is 1.56. The summed E-state index contributed by atoms with van der Waals surface area (Å²) in [5, 5.41) is 0. The lowest BCUT2D eigenvalue weighted by Crippen LogP contribution is -2.73. The van der Waals surface area contributed by atoms with Crippen molar-refractivity contribution in [2.45, 2.75) is 118 Å². The molecular weight excluding hydrogens is 976 g/mol. The Labute approximate surface area is 285 Å². The topological polar surface area (TPSA) is 0 Å². The molecule has 0 spiro atoms. The number of hydrogen-bond acceptors (Lipinski definition) is 0. The van der Waals surface area contributed by atoms with Gasteiger partial charge in [-0.05, 0) is 149 Å². The first kappa shape index (κ1) is 29.9. The van der Waals surface area contributed by atoms with E-state index in [1.54, 1.807) is 0 Å². The second-order valence-corrected chi connectivity index (χ2v) is 32.2. The quantitative estimate of drug-likeness (QED) is 0.241. The van der Waals surface area contributed by atoms with Crippen LogP contribution in [0.5, 0.6) is 0 Å². The molecule has 8 saturated carbocycles. The third kappa shape index (κ3) is 3.89. The smallest absolute Gasteiger partial charge is 0.0724 e. The molecule has 0 aromatic rings. The average Bonchev–Trinajstić information content (AvgIpc) is 2.62. The molecule has 8 bridgehead atoms. The van der Waals surface area contributed by atoms with Crippen molar-refractivity contribution in [1.29, 1.82) is 0 Å². The average molecular weight is 1010 g/mol. The van der Waals surface area contributed by atoms with E-state index in [0.717, 1.165) is 11.8 Å². The minimum atomic E-state index is -0.0371. The normalized spacial score (nSPS) is 52.3. The van der Waals surface area contributed by atoms with Gasteiger partial charge in [-0.1, -0.05) is 127 Å². The van der Waals surface area contributed by atoms with Crippen molar-refractivity contribution < 1.29 is 0 Å². The van der Waals surface area contributed by atoms with E-state index in [4.69, 9.17) is 0 Å². The van der Waals surface area contributed by atoms with Gasteiger partial charge in [-0.25, -0.2) is 0 Å². The van der Waals surface area contributed by atoms with Gasteiger partial charge < -0.3 is 0 Å². The molecule has 8 heteroatoms. The summed E-state index contributed by atoms with van der Waals surface area (Å²) in [7, 11) is 0. The predicted molar refractivity (Wildman–Crippen MR) is 182 cm³/mol. The van der Waals surface area contributed by atoms with Crippen molar-refractivity contribution in [2.75, 3.05) is 0 Å². The monoisotopic (exact) mass is 1010 g/mol. The molecule has 36 heavy (non-hydrogen) atoms. The molecule has 0 amide bonds. The van der Waals surface area contributed by atoms with Crippen LogP contribution in [-0.2, 0) is 0 Å². The lowest BCUT2D eigenvalue weighted by Gasteiger charge is -2.80. The van der Waals surface area contributed by atoms with Crippen LogP contribution < -0.4 is 0 Å². The van der Waals surface area contributed by atoms with Crippen LogP contribution in [0.25, 0.3) is 0 Å². The highest BCUT2D eigenvalue weighted by Gasteiger charge is 2.79. The van der Waals surface area contributed by atoms with Gasteiger partial charge in [-0.2, -0.15) is 0 Å². The number of rotatable bonds is 5. The first-order chi connectivity index (χ1) is 16.1. The maximum absolute atomic E-state index is 4.23. The van der Waals surface area contributed by atoms with Gasteiger partial charge >= 0.3 is 0 Å². The van der Waals surface area contributed by atoms with Crippen LogP contribution in [0, 0.1) is 44.3 Å². The van der Waals surface area contributed by atoms with Gasteiger partial charge in [0.05, 0.1) is 12.9 Å². The molecule has 0 radical (unpaired) electrons. The Hall–Kier alpha value is 3.84. The Morgan fingerprint density at radius 2 is 0.611 bits per heavy atom. The Morgan fingerprint density at radius 1 is 0.389 bits per heavy atom. The van der Waals surface area contributed by atoms with Crippen molar-refractivity contribution in [3.8, 4) is 0 Å². The summed E-state index contributed by atoms with van der Waals surface area (Å²) in [4.78, 5) is 0. The van der Waals surface area contributed by atoms with E-state index in [1.165, 1.54) is 77.0 Å². The summed E-state index contributed by atoms with van der Waals surface area (Å²) in [6, 6.07) is 0. The van der Waals surface area contributed by atoms with Gasteiger partial charge in [0.1, 0.15) is 0 Å². The fourth-order valence-corrected chi connectivity index (χ4v) is 15.6. The molecule has 8 aliphatic rings. The summed E-state index contributed by atoms with van der Waals surface area (Å²) >= 11 is 33.9. The Kier molecular flexibility index (Phi) is 6.89. The number of alkyl halides is 8. The molecule has 0 aliphatic heterocycles. The van der Waals surface area contributed by atoms with Crippen LogP contribution in [-0.4, -0.2) is 12.9 Å². The zero-order valence-corrected chi connectivity index (χ0v) is 34.4. The zero-order valence-electron chi connectivity index (χ0n) is 21.7. The van der Waals surface area contributed by atoms with E-state index in [0.29, 0.717) is 10.8 Å². The Bertz CT molecular complexity index is 824. The van der Waals surface area contributed by atoms with E-state index < -0.39 is 0 Å². The molecule has 0 saturated heterocycles. The van der Waals surface area contributed by atoms with Crippen molar-refractivity contribution >= 4 is 127 Å². The Morgan fingerprint density at radius 3 is 0.806 bits per heavy atom. The summed E-state index contributed by atoms with van der Waals surface area (Å²) < 4.78 is -0.148. The van der Waals surface area contributed by atoms with E-state index >= 15 is 0 Å². The highest BCUT2D eigenvalue weighted by Crippen LogP contribution is 2.87. The van der Waals surface area contributed by atoms with E-state index in [-0.39, 0.29) is 34.6 Å². The van der Waals surface area contributed by atoms with Crippen LogP contribution in [0.3, 0.4) is 0 Å². The van der Waals surface area contributed by atoms with Crippen LogP contribution in [0.1, 0.15) is 105 Å². The van der Waals surface area contributed by atoms with Crippen LogP contribution in [0.2, 0.25) is 0 Å². The van der Waals surface area contributed by atoms with Crippen LogP contribution in [0.4, 0.5) is 0 Å². The first-order valence-corrected chi connectivity index (χ1v) is 19.9. The summed E-state index contributed by atoms with van der Waals surface area (Å²) in [5.74, 6) is 1.62. The predicted octanol–water partition coefficient (Wildman–Crippen LogP) is 12.9. The molecule has 4 atom stereocenters.